The van der Waals surface area contributed by atoms with E-state index in [1.807, 2.05) is 60.7 Å². The van der Waals surface area contributed by atoms with E-state index >= 15 is 0 Å². The molecule has 0 aliphatic rings. The maximum absolute atomic E-state index is 13.2. The molecule has 0 saturated carbocycles. The predicted octanol–water partition coefficient (Wildman–Crippen LogP) is 12.7. The number of rotatable bonds is 22. The average molecular weight is 983 g/mol. The second kappa shape index (κ2) is 22.6. The Morgan fingerprint density at radius 1 is 0.400 bits per heavy atom. The van der Waals surface area contributed by atoms with E-state index in [1.54, 1.807) is 60.7 Å². The zero-order valence-electron chi connectivity index (χ0n) is 39.2. The van der Waals surface area contributed by atoms with Gasteiger partial charge in [0.1, 0.15) is 51.7 Å². The fourth-order valence-corrected chi connectivity index (χ4v) is 9.63. The molecule has 0 aliphatic carbocycles. The van der Waals surface area contributed by atoms with Crippen molar-refractivity contribution >= 4 is 40.3 Å². The number of carbonyl (C=O) groups is 4. The molecule has 70 heavy (non-hydrogen) atoms. The molecule has 1 atom stereocenters. The summed E-state index contributed by atoms with van der Waals surface area (Å²) in [6, 6.07) is 43.3. The van der Waals surface area contributed by atoms with Gasteiger partial charge in [0.2, 0.25) is 0 Å². The van der Waals surface area contributed by atoms with Gasteiger partial charge in [0, 0.05) is 29.8 Å². The topological polar surface area (TPSA) is 172 Å². The van der Waals surface area contributed by atoms with Gasteiger partial charge in [-0.1, -0.05) is 78.9 Å². The SMILES string of the molecule is COc1ccc(C(C)=O)c(OP(Oc2cc(OC)ccc2C(C)=O)Oc2ccccc2C(OP(Oc2cc(O)ccc2C(C)=O)Oc2cc(OC)ccc2C(C)=O)(c2ccccc2)c2ccccc2)c1. The molecule has 0 saturated heterocycles. The molecule has 0 heterocycles. The third-order valence-corrected chi connectivity index (χ3v) is 12.9. The van der Waals surface area contributed by atoms with Crippen molar-refractivity contribution in [2.75, 3.05) is 21.3 Å². The summed E-state index contributed by atoms with van der Waals surface area (Å²) < 4.78 is 57.3. The van der Waals surface area contributed by atoms with Crippen molar-refractivity contribution < 1.29 is 65.6 Å². The highest BCUT2D eigenvalue weighted by Gasteiger charge is 2.46. The van der Waals surface area contributed by atoms with Crippen LogP contribution >= 0.6 is 17.2 Å². The molecule has 358 valence electrons. The second-order valence-electron chi connectivity index (χ2n) is 15.4. The van der Waals surface area contributed by atoms with E-state index in [-0.39, 0.29) is 79.9 Å². The van der Waals surface area contributed by atoms with Crippen molar-refractivity contribution in [1.29, 1.82) is 0 Å². The minimum Gasteiger partial charge on any atom is -0.508 e. The number of methoxy groups -OCH3 is 3. The molecule has 0 radical (unpaired) electrons. The lowest BCUT2D eigenvalue weighted by molar-refractivity contribution is 0.1000. The number of aromatic hydroxyl groups is 1. The number of phenolic OH excluding ortho intramolecular Hbond substituents is 1. The van der Waals surface area contributed by atoms with Crippen molar-refractivity contribution in [3.63, 3.8) is 0 Å². The largest absolute Gasteiger partial charge is 0.530 e. The van der Waals surface area contributed by atoms with Crippen molar-refractivity contribution in [2.24, 2.45) is 0 Å². The minimum atomic E-state index is -2.82. The van der Waals surface area contributed by atoms with E-state index in [0.29, 0.717) is 33.9 Å². The van der Waals surface area contributed by atoms with Gasteiger partial charge in [-0.05, 0) is 93.4 Å². The molecular weight excluding hydrogens is 935 g/mol. The Bertz CT molecular complexity index is 2910. The van der Waals surface area contributed by atoms with Gasteiger partial charge in [0.25, 0.3) is 0 Å². The lowest BCUT2D eigenvalue weighted by Crippen LogP contribution is -2.33. The normalized spacial score (nSPS) is 11.5. The number of phenols is 1. The highest BCUT2D eigenvalue weighted by molar-refractivity contribution is 7.43. The Labute approximate surface area is 407 Å². The molecule has 7 aromatic rings. The number of ether oxygens (including phenoxy) is 3. The highest BCUT2D eigenvalue weighted by Crippen LogP contribution is 2.57. The molecule has 0 aliphatic heterocycles. The number of hydrogen-bond acceptors (Lipinski definition) is 14. The summed E-state index contributed by atoms with van der Waals surface area (Å²) in [5, 5.41) is 10.7. The molecule has 1 N–H and O–H groups in total. The van der Waals surface area contributed by atoms with Gasteiger partial charge < -0.3 is 41.9 Å². The maximum atomic E-state index is 13.2. The standard InChI is InChI=1S/C54H48O14P2/c1-34(55)44-26-22-40(59)30-50(44)66-70(67-53-33-43(62-7)25-29-47(53)37(4)58)68-54(38-16-10-8-11-17-38,39-18-12-9-13-19-39)48-20-14-15-21-49(48)63-69(64-51-31-41(60-5)23-27-45(51)35(2)56)65-52-32-42(61-6)24-28-46(52)36(3)57/h8-33,59H,1-7H3. The van der Waals surface area contributed by atoms with Crippen LogP contribution in [0.1, 0.15) is 85.8 Å². The van der Waals surface area contributed by atoms with Crippen LogP contribution in [0.25, 0.3) is 0 Å². The summed E-state index contributed by atoms with van der Waals surface area (Å²) in [5.41, 5.74) is 0.267. The van der Waals surface area contributed by atoms with Gasteiger partial charge in [-0.2, -0.15) is 0 Å². The van der Waals surface area contributed by atoms with Crippen molar-refractivity contribution in [3.05, 3.63) is 197 Å². The first-order chi connectivity index (χ1) is 33.7. The Morgan fingerprint density at radius 3 is 1.14 bits per heavy atom. The van der Waals surface area contributed by atoms with Crippen molar-refractivity contribution in [3.8, 4) is 51.7 Å². The van der Waals surface area contributed by atoms with Crippen LogP contribution in [0.2, 0.25) is 0 Å². The first-order valence-corrected chi connectivity index (χ1v) is 23.7. The van der Waals surface area contributed by atoms with Crippen LogP contribution in [-0.4, -0.2) is 49.6 Å². The number of benzene rings is 7. The fraction of sp³-hybridized carbons (Fsp3) is 0.148. The summed E-state index contributed by atoms with van der Waals surface area (Å²) in [6.45, 7) is 5.51. The van der Waals surface area contributed by atoms with E-state index in [9.17, 15) is 24.3 Å². The van der Waals surface area contributed by atoms with Crippen molar-refractivity contribution in [2.45, 2.75) is 33.3 Å². The first kappa shape index (κ1) is 50.1. The summed E-state index contributed by atoms with van der Waals surface area (Å²) in [6.07, 6.45) is 0. The zero-order valence-corrected chi connectivity index (χ0v) is 40.9. The van der Waals surface area contributed by atoms with E-state index in [0.717, 1.165) is 0 Å². The molecule has 16 heteroatoms. The minimum absolute atomic E-state index is 0.0338. The molecular formula is C54H48O14P2. The van der Waals surface area contributed by atoms with Gasteiger partial charge in [0.05, 0.1) is 43.6 Å². The number of carbonyl (C=O) groups excluding carboxylic acids is 4. The average Bonchev–Trinajstić information content (AvgIpc) is 3.35. The molecule has 0 spiro atoms. The van der Waals surface area contributed by atoms with Crippen LogP contribution in [0.3, 0.4) is 0 Å². The highest BCUT2D eigenvalue weighted by atomic mass is 31.2. The zero-order chi connectivity index (χ0) is 50.0. The van der Waals surface area contributed by atoms with Crippen molar-refractivity contribution in [1.82, 2.24) is 0 Å². The smallest absolute Gasteiger partial charge is 0.508 e. The molecule has 7 aromatic carbocycles. The van der Waals surface area contributed by atoms with Crippen LogP contribution in [0.15, 0.2) is 158 Å². The fourth-order valence-electron chi connectivity index (χ4n) is 7.31. The summed E-state index contributed by atoms with van der Waals surface area (Å²) in [7, 11) is -1.09. The van der Waals surface area contributed by atoms with Gasteiger partial charge in [0.15, 0.2) is 28.7 Å². The number of hydrogen-bond donors (Lipinski definition) is 1. The van der Waals surface area contributed by atoms with Crippen LogP contribution in [0.5, 0.6) is 51.7 Å². The van der Waals surface area contributed by atoms with E-state index in [4.69, 9.17) is 41.4 Å². The molecule has 0 fully saturated rings. The van der Waals surface area contributed by atoms with Gasteiger partial charge in [-0.3, -0.25) is 23.7 Å². The predicted molar refractivity (Wildman–Crippen MR) is 264 cm³/mol. The van der Waals surface area contributed by atoms with Gasteiger partial charge in [-0.15, -0.1) is 0 Å². The molecule has 0 bridgehead atoms. The molecule has 1 unspecified atom stereocenters. The molecule has 7 rings (SSSR count). The van der Waals surface area contributed by atoms with Gasteiger partial charge >= 0.3 is 17.2 Å². The molecule has 14 nitrogen and oxygen atoms in total. The van der Waals surface area contributed by atoms with E-state index < -0.39 is 22.8 Å². The first-order valence-electron chi connectivity index (χ1n) is 21.5. The third-order valence-electron chi connectivity index (χ3n) is 10.8. The Hall–Kier alpha value is -7.76. The number of Topliss-reactive ketones (excluding diaryl/α,β-unsaturated/α-hetero) is 4. The third kappa shape index (κ3) is 11.4. The summed E-state index contributed by atoms with van der Waals surface area (Å²) in [5.74, 6) is -0.260. The molecule has 0 amide bonds. The summed E-state index contributed by atoms with van der Waals surface area (Å²) in [4.78, 5) is 52.4. The quantitative estimate of drug-likeness (QED) is 0.0386. The molecule has 0 aromatic heterocycles. The van der Waals surface area contributed by atoms with Crippen LogP contribution < -0.4 is 36.8 Å². The summed E-state index contributed by atoms with van der Waals surface area (Å²) >= 11 is 0. The maximum Gasteiger partial charge on any atom is 0.530 e. The Balaban J connectivity index is 1.48. The van der Waals surface area contributed by atoms with E-state index in [1.165, 1.54) is 85.4 Å². The van der Waals surface area contributed by atoms with E-state index in [2.05, 4.69) is 0 Å². The Morgan fingerprint density at radius 2 is 0.743 bits per heavy atom. The monoisotopic (exact) mass is 982 g/mol. The Kier molecular flexibility index (Phi) is 16.2. The number of ketones is 4. The van der Waals surface area contributed by atoms with Crippen LogP contribution in [0.4, 0.5) is 0 Å². The van der Waals surface area contributed by atoms with Gasteiger partial charge in [-0.25, -0.2) is 0 Å². The number of para-hydroxylation sites is 1. The lowest BCUT2D eigenvalue weighted by Gasteiger charge is -2.38. The van der Waals surface area contributed by atoms with Crippen LogP contribution in [-0.2, 0) is 10.1 Å². The lowest BCUT2D eigenvalue weighted by atomic mass is 9.80. The van der Waals surface area contributed by atoms with Crippen LogP contribution in [0, 0.1) is 0 Å². The second-order valence-corrected chi connectivity index (χ2v) is 17.4.